The smallest absolute Gasteiger partial charge is 0.316 e. The largest absolute Gasteiger partial charge is 0.431 e. The molecule has 162 valence electrons. The Kier molecular flexibility index (Phi) is 6.42. The van der Waals surface area contributed by atoms with Crippen molar-refractivity contribution in [2.45, 2.75) is 23.9 Å². The second-order valence-electron chi connectivity index (χ2n) is 7.20. The highest BCUT2D eigenvalue weighted by Gasteiger charge is 2.16. The summed E-state index contributed by atoms with van der Waals surface area (Å²) in [4.78, 5) is 28.4. The maximum Gasteiger partial charge on any atom is 0.316 e. The summed E-state index contributed by atoms with van der Waals surface area (Å²) in [7, 11) is 0. The number of para-hydroxylation sites is 2. The fourth-order valence-electron chi connectivity index (χ4n) is 3.28. The maximum absolute atomic E-state index is 13.0. The first-order valence-electron chi connectivity index (χ1n) is 10.0. The predicted molar refractivity (Wildman–Crippen MR) is 126 cm³/mol. The molecule has 1 aromatic heterocycles. The number of thioether (sulfide) groups is 1. The molecular formula is C24H22N4O3S. The Bertz CT molecular complexity index is 1220. The number of nitrogens with zero attached hydrogens (tertiary/aromatic N) is 1. The van der Waals surface area contributed by atoms with Crippen LogP contribution >= 0.6 is 11.8 Å². The van der Waals surface area contributed by atoms with E-state index in [0.29, 0.717) is 22.2 Å². The van der Waals surface area contributed by atoms with Crippen LogP contribution in [0.4, 0.5) is 10.5 Å². The van der Waals surface area contributed by atoms with Gasteiger partial charge in [0.1, 0.15) is 5.52 Å². The lowest BCUT2D eigenvalue weighted by atomic mass is 10.1. The number of hydrogen-bond acceptors (Lipinski definition) is 5. The van der Waals surface area contributed by atoms with Gasteiger partial charge in [0.2, 0.25) is 0 Å². The lowest BCUT2D eigenvalue weighted by Gasteiger charge is -2.16. The average Bonchev–Trinajstić information content (AvgIpc) is 3.21. The van der Waals surface area contributed by atoms with Crippen LogP contribution in [-0.4, -0.2) is 16.9 Å². The molecule has 32 heavy (non-hydrogen) atoms. The minimum atomic E-state index is -0.619. The molecule has 4 rings (SSSR count). The number of hydrogen-bond donors (Lipinski definition) is 3. The van der Waals surface area contributed by atoms with E-state index in [1.165, 1.54) is 11.8 Å². The van der Waals surface area contributed by atoms with E-state index in [0.717, 1.165) is 22.2 Å². The third kappa shape index (κ3) is 5.09. The van der Waals surface area contributed by atoms with Crippen LogP contribution in [-0.2, 0) is 5.75 Å². The number of benzene rings is 3. The molecule has 3 amide bonds. The fraction of sp³-hybridized carbons (Fsp3) is 0.125. The molecule has 0 radical (unpaired) electrons. The van der Waals surface area contributed by atoms with Crippen molar-refractivity contribution in [3.05, 3.63) is 89.5 Å². The third-order valence-corrected chi connectivity index (χ3v) is 5.79. The second-order valence-corrected chi connectivity index (χ2v) is 8.13. The molecule has 4 N–H and O–H groups in total. The van der Waals surface area contributed by atoms with E-state index in [1.54, 1.807) is 12.1 Å². The van der Waals surface area contributed by atoms with Crippen molar-refractivity contribution in [2.24, 2.45) is 5.73 Å². The standard InChI is InChI=1S/C24H22N4O3S/c1-15(16-10-12-18(13-11-16)27-23(25)30)26-22(29)19-7-3-2-6-17(19)14-32-24-28-20-8-4-5-9-21(20)31-24/h2-13,15H,14H2,1H3,(H,26,29)(H3,25,27,30). The molecule has 7 nitrogen and oxygen atoms in total. The number of rotatable bonds is 7. The summed E-state index contributed by atoms with van der Waals surface area (Å²) in [6, 6.07) is 21.4. The SMILES string of the molecule is CC(NC(=O)c1ccccc1CSc1nc2ccccc2o1)c1ccc(NC(N)=O)cc1. The number of carbonyl (C=O) groups is 2. The van der Waals surface area contributed by atoms with Crippen molar-refractivity contribution < 1.29 is 14.0 Å². The molecule has 1 atom stereocenters. The summed E-state index contributed by atoms with van der Waals surface area (Å²) in [5, 5.41) is 6.12. The number of anilines is 1. The Morgan fingerprint density at radius 1 is 1.03 bits per heavy atom. The van der Waals surface area contributed by atoms with Crippen LogP contribution in [0.3, 0.4) is 0 Å². The predicted octanol–water partition coefficient (Wildman–Crippen LogP) is 5.10. The molecule has 1 heterocycles. The molecule has 1 unspecified atom stereocenters. The van der Waals surface area contributed by atoms with Gasteiger partial charge >= 0.3 is 6.03 Å². The van der Waals surface area contributed by atoms with Crippen molar-refractivity contribution >= 4 is 40.5 Å². The first-order valence-corrected chi connectivity index (χ1v) is 11.0. The Labute approximate surface area is 189 Å². The van der Waals surface area contributed by atoms with Gasteiger partial charge in [-0.1, -0.05) is 54.2 Å². The van der Waals surface area contributed by atoms with Gasteiger partial charge < -0.3 is 20.8 Å². The minimum absolute atomic E-state index is 0.161. The van der Waals surface area contributed by atoms with Gasteiger partial charge in [0.25, 0.3) is 11.1 Å². The van der Waals surface area contributed by atoms with Gasteiger partial charge in [-0.05, 0) is 48.4 Å². The quantitative estimate of drug-likeness (QED) is 0.342. The van der Waals surface area contributed by atoms with Gasteiger partial charge in [-0.3, -0.25) is 4.79 Å². The second kappa shape index (κ2) is 9.57. The van der Waals surface area contributed by atoms with Crippen molar-refractivity contribution in [1.29, 1.82) is 0 Å². The molecule has 0 bridgehead atoms. The number of primary amides is 1. The highest BCUT2D eigenvalue weighted by Crippen LogP contribution is 2.27. The van der Waals surface area contributed by atoms with Gasteiger partial charge in [0, 0.05) is 17.0 Å². The molecule has 3 aromatic carbocycles. The summed E-state index contributed by atoms with van der Waals surface area (Å²) >= 11 is 1.45. The van der Waals surface area contributed by atoms with Crippen LogP contribution < -0.4 is 16.4 Å². The number of oxazole rings is 1. The number of urea groups is 1. The van der Waals surface area contributed by atoms with E-state index in [9.17, 15) is 9.59 Å². The lowest BCUT2D eigenvalue weighted by molar-refractivity contribution is 0.0939. The molecule has 0 saturated carbocycles. The van der Waals surface area contributed by atoms with E-state index in [-0.39, 0.29) is 11.9 Å². The van der Waals surface area contributed by atoms with Crippen LogP contribution in [0.1, 0.15) is 34.5 Å². The summed E-state index contributed by atoms with van der Waals surface area (Å²) in [6.07, 6.45) is 0. The monoisotopic (exact) mass is 446 g/mol. The summed E-state index contributed by atoms with van der Waals surface area (Å²) in [6.45, 7) is 1.91. The number of nitrogens with one attached hydrogen (secondary N) is 2. The molecule has 0 saturated heterocycles. The summed E-state index contributed by atoms with van der Waals surface area (Å²) in [5.74, 6) is 0.392. The fourth-order valence-corrected chi connectivity index (χ4v) is 4.12. The Morgan fingerprint density at radius 3 is 2.50 bits per heavy atom. The molecule has 0 aliphatic rings. The number of carbonyl (C=O) groups excluding carboxylic acids is 2. The topological polar surface area (TPSA) is 110 Å². The van der Waals surface area contributed by atoms with Crippen molar-refractivity contribution in [2.75, 3.05) is 5.32 Å². The summed E-state index contributed by atoms with van der Waals surface area (Å²) in [5.41, 5.74) is 9.69. The van der Waals surface area contributed by atoms with Gasteiger partial charge in [-0.25, -0.2) is 9.78 Å². The van der Waals surface area contributed by atoms with Gasteiger partial charge in [0.15, 0.2) is 5.58 Å². The first kappa shape index (κ1) is 21.5. The van der Waals surface area contributed by atoms with E-state index in [2.05, 4.69) is 15.6 Å². The van der Waals surface area contributed by atoms with Crippen molar-refractivity contribution in [3.8, 4) is 0 Å². The number of nitrogens with two attached hydrogens (primary N) is 1. The highest BCUT2D eigenvalue weighted by molar-refractivity contribution is 7.98. The first-order chi connectivity index (χ1) is 15.5. The van der Waals surface area contributed by atoms with Gasteiger partial charge in [-0.15, -0.1) is 0 Å². The van der Waals surface area contributed by atoms with Crippen LogP contribution in [0.2, 0.25) is 0 Å². The van der Waals surface area contributed by atoms with Crippen LogP contribution in [0.5, 0.6) is 0 Å². The zero-order valence-corrected chi connectivity index (χ0v) is 18.2. The van der Waals surface area contributed by atoms with E-state index in [1.807, 2.05) is 67.6 Å². The lowest BCUT2D eigenvalue weighted by Crippen LogP contribution is -2.27. The van der Waals surface area contributed by atoms with E-state index < -0.39 is 6.03 Å². The Morgan fingerprint density at radius 2 is 1.75 bits per heavy atom. The zero-order chi connectivity index (χ0) is 22.5. The number of amides is 3. The van der Waals surface area contributed by atoms with Gasteiger partial charge in [-0.2, -0.15) is 0 Å². The van der Waals surface area contributed by atoms with Crippen LogP contribution in [0.25, 0.3) is 11.1 Å². The third-order valence-electron chi connectivity index (χ3n) is 4.91. The highest BCUT2D eigenvalue weighted by atomic mass is 32.2. The average molecular weight is 447 g/mol. The molecule has 0 fully saturated rings. The molecule has 8 heteroatoms. The number of fused-ring (bicyclic) bond motifs is 1. The van der Waals surface area contributed by atoms with Crippen LogP contribution in [0, 0.1) is 0 Å². The van der Waals surface area contributed by atoms with Gasteiger partial charge in [0.05, 0.1) is 6.04 Å². The van der Waals surface area contributed by atoms with E-state index in [4.69, 9.17) is 10.2 Å². The van der Waals surface area contributed by atoms with Crippen LogP contribution in [0.15, 0.2) is 82.4 Å². The maximum atomic E-state index is 13.0. The minimum Gasteiger partial charge on any atom is -0.431 e. The van der Waals surface area contributed by atoms with E-state index >= 15 is 0 Å². The normalized spacial score (nSPS) is 11.8. The molecule has 4 aromatic rings. The summed E-state index contributed by atoms with van der Waals surface area (Å²) < 4.78 is 5.76. The molecule has 0 spiro atoms. The Hall–Kier alpha value is -3.78. The zero-order valence-electron chi connectivity index (χ0n) is 17.4. The van der Waals surface area contributed by atoms with Crippen molar-refractivity contribution in [1.82, 2.24) is 10.3 Å². The molecule has 0 aliphatic heterocycles. The Balaban J connectivity index is 1.43. The molecule has 0 aliphatic carbocycles. The molecular weight excluding hydrogens is 424 g/mol. The van der Waals surface area contributed by atoms with Crippen molar-refractivity contribution in [3.63, 3.8) is 0 Å². The number of aromatic nitrogens is 1.